The van der Waals surface area contributed by atoms with Gasteiger partial charge in [-0.1, -0.05) is 6.08 Å². The zero-order valence-electron chi connectivity index (χ0n) is 8.13. The van der Waals surface area contributed by atoms with Gasteiger partial charge in [0.25, 0.3) is 0 Å². The molecular formula is C11H15NO. The molecule has 70 valence electrons. The molecule has 0 aliphatic heterocycles. The highest BCUT2D eigenvalue weighted by Gasteiger charge is 2.01. The van der Waals surface area contributed by atoms with Crippen LogP contribution in [0.4, 0.5) is 5.69 Å². The van der Waals surface area contributed by atoms with Gasteiger partial charge in [-0.2, -0.15) is 0 Å². The maximum Gasteiger partial charge on any atom is 0.122 e. The lowest BCUT2D eigenvalue weighted by atomic mass is 10.1. The van der Waals surface area contributed by atoms with Crippen molar-refractivity contribution in [2.45, 2.75) is 6.42 Å². The van der Waals surface area contributed by atoms with Crippen molar-refractivity contribution in [1.29, 1.82) is 0 Å². The van der Waals surface area contributed by atoms with Crippen molar-refractivity contribution >= 4 is 5.69 Å². The number of benzene rings is 1. The number of rotatable bonds is 4. The largest absolute Gasteiger partial charge is 0.496 e. The number of anilines is 1. The summed E-state index contributed by atoms with van der Waals surface area (Å²) in [5, 5.41) is 3.09. The van der Waals surface area contributed by atoms with Crippen LogP contribution in [-0.2, 0) is 6.42 Å². The number of nitrogens with one attached hydrogen (secondary N) is 1. The summed E-state index contributed by atoms with van der Waals surface area (Å²) in [6, 6.07) is 6.02. The summed E-state index contributed by atoms with van der Waals surface area (Å²) in [5.41, 5.74) is 2.25. The molecule has 0 saturated carbocycles. The van der Waals surface area contributed by atoms with E-state index in [0.29, 0.717) is 0 Å². The first-order valence-electron chi connectivity index (χ1n) is 4.27. The first kappa shape index (κ1) is 9.65. The van der Waals surface area contributed by atoms with E-state index in [2.05, 4.69) is 18.0 Å². The number of methoxy groups -OCH3 is 1. The highest BCUT2D eigenvalue weighted by molar-refractivity contribution is 5.51. The molecule has 1 N–H and O–H groups in total. The van der Waals surface area contributed by atoms with Crippen molar-refractivity contribution in [3.05, 3.63) is 36.4 Å². The zero-order chi connectivity index (χ0) is 9.68. The topological polar surface area (TPSA) is 21.3 Å². The van der Waals surface area contributed by atoms with Gasteiger partial charge in [0, 0.05) is 12.7 Å². The second-order valence-electron chi connectivity index (χ2n) is 2.77. The third-order valence-corrected chi connectivity index (χ3v) is 1.93. The summed E-state index contributed by atoms with van der Waals surface area (Å²) in [6.45, 7) is 3.71. The van der Waals surface area contributed by atoms with Gasteiger partial charge >= 0.3 is 0 Å². The predicted molar refractivity (Wildman–Crippen MR) is 56.4 cm³/mol. The molecule has 0 heterocycles. The normalized spacial score (nSPS) is 9.38. The van der Waals surface area contributed by atoms with Crippen LogP contribution in [0.1, 0.15) is 5.56 Å². The number of allylic oxidation sites excluding steroid dienone is 1. The van der Waals surface area contributed by atoms with E-state index in [9.17, 15) is 0 Å². The average Bonchev–Trinajstić information content (AvgIpc) is 2.18. The maximum atomic E-state index is 5.22. The molecule has 1 rings (SSSR count). The quantitative estimate of drug-likeness (QED) is 0.713. The smallest absolute Gasteiger partial charge is 0.122 e. The van der Waals surface area contributed by atoms with Gasteiger partial charge in [0.2, 0.25) is 0 Å². The molecule has 0 bridgehead atoms. The molecule has 13 heavy (non-hydrogen) atoms. The van der Waals surface area contributed by atoms with Gasteiger partial charge in [-0.25, -0.2) is 0 Å². The molecular weight excluding hydrogens is 162 g/mol. The second kappa shape index (κ2) is 4.55. The Morgan fingerprint density at radius 3 is 2.85 bits per heavy atom. The number of hydrogen-bond donors (Lipinski definition) is 1. The fourth-order valence-electron chi connectivity index (χ4n) is 1.25. The SMILES string of the molecule is C=CCc1cc(NC)ccc1OC. The third-order valence-electron chi connectivity index (χ3n) is 1.93. The van der Waals surface area contributed by atoms with Crippen LogP contribution in [0.5, 0.6) is 5.75 Å². The zero-order valence-corrected chi connectivity index (χ0v) is 8.13. The van der Waals surface area contributed by atoms with Crippen LogP contribution in [0.3, 0.4) is 0 Å². The Hall–Kier alpha value is -1.44. The van der Waals surface area contributed by atoms with E-state index in [4.69, 9.17) is 4.74 Å². The molecule has 1 aromatic carbocycles. The first-order valence-corrected chi connectivity index (χ1v) is 4.27. The number of ether oxygens (including phenoxy) is 1. The van der Waals surface area contributed by atoms with Gasteiger partial charge in [0.15, 0.2) is 0 Å². The van der Waals surface area contributed by atoms with Crippen molar-refractivity contribution in [2.24, 2.45) is 0 Å². The molecule has 2 heteroatoms. The molecule has 2 nitrogen and oxygen atoms in total. The standard InChI is InChI=1S/C11H15NO/c1-4-5-9-8-10(12-2)6-7-11(9)13-3/h4,6-8,12H,1,5H2,2-3H3. The average molecular weight is 177 g/mol. The van der Waals surface area contributed by atoms with Gasteiger partial charge in [0.1, 0.15) is 5.75 Å². The van der Waals surface area contributed by atoms with Crippen LogP contribution in [0.25, 0.3) is 0 Å². The lowest BCUT2D eigenvalue weighted by Gasteiger charge is -2.08. The Morgan fingerprint density at radius 2 is 2.31 bits per heavy atom. The molecule has 0 spiro atoms. The monoisotopic (exact) mass is 177 g/mol. The van der Waals surface area contributed by atoms with E-state index < -0.39 is 0 Å². The molecule has 0 atom stereocenters. The van der Waals surface area contributed by atoms with Crippen molar-refractivity contribution in [2.75, 3.05) is 19.5 Å². The van der Waals surface area contributed by atoms with Crippen molar-refractivity contribution in [3.8, 4) is 5.75 Å². The summed E-state index contributed by atoms with van der Waals surface area (Å²) in [7, 11) is 3.58. The van der Waals surface area contributed by atoms with Crippen LogP contribution in [0.2, 0.25) is 0 Å². The lowest BCUT2D eigenvalue weighted by molar-refractivity contribution is 0.411. The first-order chi connectivity index (χ1) is 6.31. The minimum atomic E-state index is 0.832. The minimum Gasteiger partial charge on any atom is -0.496 e. The van der Waals surface area contributed by atoms with Gasteiger partial charge in [-0.05, 0) is 30.2 Å². The lowest BCUT2D eigenvalue weighted by Crippen LogP contribution is -1.94. The Kier molecular flexibility index (Phi) is 3.38. The predicted octanol–water partition coefficient (Wildman–Crippen LogP) is 2.47. The molecule has 0 radical (unpaired) electrons. The van der Waals surface area contributed by atoms with Crippen LogP contribution in [0.15, 0.2) is 30.9 Å². The minimum absolute atomic E-state index is 0.832. The van der Waals surface area contributed by atoms with E-state index in [1.807, 2.05) is 25.3 Å². The molecule has 0 amide bonds. The van der Waals surface area contributed by atoms with Crippen LogP contribution >= 0.6 is 0 Å². The molecule has 0 fully saturated rings. The summed E-state index contributed by atoms with van der Waals surface area (Å²) in [5.74, 6) is 0.916. The van der Waals surface area contributed by atoms with Gasteiger partial charge < -0.3 is 10.1 Å². The summed E-state index contributed by atoms with van der Waals surface area (Å²) < 4.78 is 5.22. The van der Waals surface area contributed by atoms with Crippen molar-refractivity contribution < 1.29 is 4.74 Å². The number of hydrogen-bond acceptors (Lipinski definition) is 2. The Morgan fingerprint density at radius 1 is 1.54 bits per heavy atom. The van der Waals surface area contributed by atoms with Crippen molar-refractivity contribution in [3.63, 3.8) is 0 Å². The molecule has 0 aliphatic rings. The van der Waals surface area contributed by atoms with E-state index in [-0.39, 0.29) is 0 Å². The summed E-state index contributed by atoms with van der Waals surface area (Å²) >= 11 is 0. The van der Waals surface area contributed by atoms with Gasteiger partial charge in [-0.3, -0.25) is 0 Å². The second-order valence-corrected chi connectivity index (χ2v) is 2.77. The highest BCUT2D eigenvalue weighted by Crippen LogP contribution is 2.22. The van der Waals surface area contributed by atoms with E-state index in [1.165, 1.54) is 0 Å². The van der Waals surface area contributed by atoms with Crippen LogP contribution < -0.4 is 10.1 Å². The van der Waals surface area contributed by atoms with E-state index in [1.54, 1.807) is 7.11 Å². The fraction of sp³-hybridized carbons (Fsp3) is 0.273. The van der Waals surface area contributed by atoms with Crippen molar-refractivity contribution in [1.82, 2.24) is 0 Å². The van der Waals surface area contributed by atoms with Gasteiger partial charge in [-0.15, -0.1) is 6.58 Å². The Balaban J connectivity index is 3.01. The van der Waals surface area contributed by atoms with Crippen LogP contribution in [0, 0.1) is 0 Å². The fourth-order valence-corrected chi connectivity index (χ4v) is 1.25. The molecule has 1 aromatic rings. The third kappa shape index (κ3) is 2.25. The van der Waals surface area contributed by atoms with E-state index in [0.717, 1.165) is 23.4 Å². The molecule has 0 aromatic heterocycles. The van der Waals surface area contributed by atoms with E-state index >= 15 is 0 Å². The maximum absolute atomic E-state index is 5.22. The summed E-state index contributed by atoms with van der Waals surface area (Å²) in [4.78, 5) is 0. The molecule has 0 unspecified atom stereocenters. The molecule has 0 saturated heterocycles. The Labute approximate surface area is 79.2 Å². The summed E-state index contributed by atoms with van der Waals surface area (Å²) in [6.07, 6.45) is 2.70. The Bertz CT molecular complexity index is 294. The molecule has 0 aliphatic carbocycles. The van der Waals surface area contributed by atoms with Crippen LogP contribution in [-0.4, -0.2) is 14.2 Å². The highest BCUT2D eigenvalue weighted by atomic mass is 16.5. The van der Waals surface area contributed by atoms with Gasteiger partial charge in [0.05, 0.1) is 7.11 Å².